The van der Waals surface area contributed by atoms with Crippen LogP contribution in [0.1, 0.15) is 69.5 Å². The molecule has 1 aliphatic heterocycles. The Morgan fingerprint density at radius 1 is 1.03 bits per heavy atom. The molecule has 29 heavy (non-hydrogen) atoms. The second kappa shape index (κ2) is 7.58. The van der Waals surface area contributed by atoms with Gasteiger partial charge in [0.15, 0.2) is 12.1 Å². The summed E-state index contributed by atoms with van der Waals surface area (Å²) in [6.45, 7) is 9.59. The lowest BCUT2D eigenvalue weighted by Gasteiger charge is -2.37. The topological polar surface area (TPSA) is 71.1 Å². The molecular weight excluding hydrogens is 372 g/mol. The van der Waals surface area contributed by atoms with E-state index in [1.54, 1.807) is 19.2 Å². The molecular formula is C23H30O6. The van der Waals surface area contributed by atoms with Crippen LogP contribution in [0.15, 0.2) is 23.3 Å². The van der Waals surface area contributed by atoms with E-state index in [1.165, 1.54) is 7.11 Å². The van der Waals surface area contributed by atoms with E-state index in [0.717, 1.165) is 17.4 Å². The maximum absolute atomic E-state index is 12.7. The minimum atomic E-state index is -0.885. The highest BCUT2D eigenvalue weighted by molar-refractivity contribution is 5.89. The summed E-state index contributed by atoms with van der Waals surface area (Å²) < 4.78 is 23.5. The van der Waals surface area contributed by atoms with Crippen LogP contribution in [0.2, 0.25) is 0 Å². The first-order valence-corrected chi connectivity index (χ1v) is 9.86. The molecule has 158 valence electrons. The highest BCUT2D eigenvalue weighted by atomic mass is 16.8. The van der Waals surface area contributed by atoms with Crippen molar-refractivity contribution >= 4 is 12.1 Å². The Labute approximate surface area is 172 Å². The maximum Gasteiger partial charge on any atom is 0.164 e. The van der Waals surface area contributed by atoms with Gasteiger partial charge < -0.3 is 18.9 Å². The Balaban J connectivity index is 2.21. The van der Waals surface area contributed by atoms with Crippen LogP contribution in [-0.4, -0.2) is 38.2 Å². The molecule has 0 N–H and O–H groups in total. The summed E-state index contributed by atoms with van der Waals surface area (Å²) >= 11 is 0. The average Bonchev–Trinajstić information content (AvgIpc) is 2.98. The van der Waals surface area contributed by atoms with Crippen molar-refractivity contribution in [3.05, 3.63) is 34.4 Å². The van der Waals surface area contributed by atoms with E-state index in [0.29, 0.717) is 35.5 Å². The number of benzene rings is 1. The molecule has 0 spiro atoms. The molecule has 6 nitrogen and oxygen atoms in total. The summed E-state index contributed by atoms with van der Waals surface area (Å²) in [6.07, 6.45) is 0.886. The van der Waals surface area contributed by atoms with E-state index in [1.807, 2.05) is 34.6 Å². The molecule has 0 amide bonds. The molecule has 1 aromatic carbocycles. The van der Waals surface area contributed by atoms with Crippen LogP contribution in [-0.2, 0) is 14.3 Å². The van der Waals surface area contributed by atoms with Gasteiger partial charge >= 0.3 is 0 Å². The van der Waals surface area contributed by atoms with Gasteiger partial charge in [-0.05, 0) is 52.7 Å². The molecule has 1 heterocycles. The molecule has 0 bridgehead atoms. The van der Waals surface area contributed by atoms with Crippen molar-refractivity contribution in [1.29, 1.82) is 0 Å². The number of hydrogen-bond donors (Lipinski definition) is 0. The van der Waals surface area contributed by atoms with Crippen LogP contribution in [0.3, 0.4) is 0 Å². The number of rotatable bonds is 5. The first-order valence-electron chi connectivity index (χ1n) is 9.86. The molecule has 1 aromatic rings. The number of ether oxygens (including phenoxy) is 4. The summed E-state index contributed by atoms with van der Waals surface area (Å²) in [4.78, 5) is 24.7. The molecule has 2 atom stereocenters. The van der Waals surface area contributed by atoms with E-state index in [4.69, 9.17) is 18.9 Å². The standard InChI is InChI=1S/C23H30O6/c1-13-8-9-17(25)22(2,3)19(13)21-20(28-23(4,5)29-21)18-14(12-24)10-15(26-6)11-16(18)27-7/h10-12,20-21H,8-9H2,1-7H3/t20-,21+/m1/s1. The van der Waals surface area contributed by atoms with Gasteiger partial charge in [-0.25, -0.2) is 0 Å². The molecule has 0 radical (unpaired) electrons. The van der Waals surface area contributed by atoms with Crippen LogP contribution in [0, 0.1) is 5.41 Å². The largest absolute Gasteiger partial charge is 0.497 e. The molecule has 1 aliphatic carbocycles. The van der Waals surface area contributed by atoms with Gasteiger partial charge in [-0.3, -0.25) is 9.59 Å². The SMILES string of the molecule is COc1cc(C=O)c([C@H]2OC(C)(C)O[C@H]2C2=C(C)CCC(=O)C2(C)C)c(OC)c1. The summed E-state index contributed by atoms with van der Waals surface area (Å²) in [7, 11) is 3.08. The highest BCUT2D eigenvalue weighted by Gasteiger charge is 2.51. The van der Waals surface area contributed by atoms with Crippen molar-refractivity contribution in [2.45, 2.75) is 65.5 Å². The molecule has 3 rings (SSSR count). The van der Waals surface area contributed by atoms with Gasteiger partial charge in [-0.1, -0.05) is 5.57 Å². The number of ketones is 1. The van der Waals surface area contributed by atoms with Crippen LogP contribution in [0.4, 0.5) is 0 Å². The van der Waals surface area contributed by atoms with Crippen molar-refractivity contribution in [3.8, 4) is 11.5 Å². The predicted molar refractivity (Wildman–Crippen MR) is 108 cm³/mol. The van der Waals surface area contributed by atoms with Crippen LogP contribution in [0.25, 0.3) is 0 Å². The van der Waals surface area contributed by atoms with Crippen molar-refractivity contribution in [1.82, 2.24) is 0 Å². The smallest absolute Gasteiger partial charge is 0.164 e. The Hall–Kier alpha value is -2.18. The minimum absolute atomic E-state index is 0.183. The normalized spacial score (nSPS) is 25.8. The number of Topliss-reactive ketones (excluding diaryl/α,β-unsaturated/α-hetero) is 1. The lowest BCUT2D eigenvalue weighted by Crippen LogP contribution is -2.38. The summed E-state index contributed by atoms with van der Waals surface area (Å²) in [6, 6.07) is 3.39. The average molecular weight is 402 g/mol. The number of methoxy groups -OCH3 is 2. The van der Waals surface area contributed by atoms with Gasteiger partial charge in [0.25, 0.3) is 0 Å². The third kappa shape index (κ3) is 3.71. The summed E-state index contributed by atoms with van der Waals surface area (Å²) in [5.41, 5.74) is 2.41. The third-order valence-electron chi connectivity index (χ3n) is 5.95. The number of aldehydes is 1. The van der Waals surface area contributed by atoms with Crippen LogP contribution in [0.5, 0.6) is 11.5 Å². The monoisotopic (exact) mass is 402 g/mol. The zero-order valence-electron chi connectivity index (χ0n) is 18.3. The molecule has 1 saturated heterocycles. The van der Waals surface area contributed by atoms with Crippen molar-refractivity contribution in [3.63, 3.8) is 0 Å². The summed E-state index contributed by atoms with van der Waals surface area (Å²) in [5, 5.41) is 0. The summed E-state index contributed by atoms with van der Waals surface area (Å²) in [5.74, 6) is 0.305. The van der Waals surface area contributed by atoms with Gasteiger partial charge in [0, 0.05) is 29.0 Å². The van der Waals surface area contributed by atoms with Crippen LogP contribution >= 0.6 is 0 Å². The molecule has 0 unspecified atom stereocenters. The van der Waals surface area contributed by atoms with E-state index >= 15 is 0 Å². The number of carbonyl (C=O) groups excluding carboxylic acids is 2. The number of allylic oxidation sites excluding steroid dienone is 1. The quantitative estimate of drug-likeness (QED) is 0.536. The Morgan fingerprint density at radius 2 is 1.69 bits per heavy atom. The van der Waals surface area contributed by atoms with Gasteiger partial charge in [0.1, 0.15) is 29.5 Å². The molecule has 6 heteroatoms. The lowest BCUT2D eigenvalue weighted by atomic mass is 9.68. The fourth-order valence-electron chi connectivity index (χ4n) is 4.52. The zero-order chi connectivity index (χ0) is 21.6. The van der Waals surface area contributed by atoms with Crippen molar-refractivity contribution < 1.29 is 28.5 Å². The Morgan fingerprint density at radius 3 is 2.28 bits per heavy atom. The van der Waals surface area contributed by atoms with E-state index in [-0.39, 0.29) is 5.78 Å². The van der Waals surface area contributed by atoms with Gasteiger partial charge in [0.2, 0.25) is 0 Å². The highest BCUT2D eigenvalue weighted by Crippen LogP contribution is 2.51. The van der Waals surface area contributed by atoms with Gasteiger partial charge in [-0.15, -0.1) is 0 Å². The minimum Gasteiger partial charge on any atom is -0.497 e. The molecule has 1 fully saturated rings. The van der Waals surface area contributed by atoms with Gasteiger partial charge in [-0.2, -0.15) is 0 Å². The second-order valence-electron chi connectivity index (χ2n) is 8.67. The zero-order valence-corrected chi connectivity index (χ0v) is 18.3. The Bertz CT molecular complexity index is 864. The Kier molecular flexibility index (Phi) is 5.62. The maximum atomic E-state index is 12.7. The fourth-order valence-corrected chi connectivity index (χ4v) is 4.52. The first kappa shape index (κ1) is 21.5. The van der Waals surface area contributed by atoms with Crippen molar-refractivity contribution in [2.24, 2.45) is 5.41 Å². The number of carbonyl (C=O) groups is 2. The van der Waals surface area contributed by atoms with Crippen molar-refractivity contribution in [2.75, 3.05) is 14.2 Å². The van der Waals surface area contributed by atoms with E-state index < -0.39 is 23.4 Å². The number of hydrogen-bond acceptors (Lipinski definition) is 6. The third-order valence-corrected chi connectivity index (χ3v) is 5.95. The molecule has 0 saturated carbocycles. The second-order valence-corrected chi connectivity index (χ2v) is 8.67. The van der Waals surface area contributed by atoms with Gasteiger partial charge in [0.05, 0.1) is 14.2 Å². The first-order chi connectivity index (χ1) is 13.6. The molecule has 0 aromatic heterocycles. The fraction of sp³-hybridized carbons (Fsp3) is 0.565. The van der Waals surface area contributed by atoms with E-state index in [2.05, 4.69) is 0 Å². The molecule has 2 aliphatic rings. The lowest BCUT2D eigenvalue weighted by molar-refractivity contribution is -0.146. The van der Waals surface area contributed by atoms with Crippen LogP contribution < -0.4 is 9.47 Å². The van der Waals surface area contributed by atoms with E-state index in [9.17, 15) is 9.59 Å². The predicted octanol–water partition coefficient (Wildman–Crippen LogP) is 4.41.